The van der Waals surface area contributed by atoms with Gasteiger partial charge in [0.05, 0.1) is 0 Å². The first-order valence-corrected chi connectivity index (χ1v) is 5.19. The molecule has 0 aromatic rings. The van der Waals surface area contributed by atoms with Crippen LogP contribution in [0.15, 0.2) is 11.1 Å². The molecule has 0 fully saturated rings. The Morgan fingerprint density at radius 1 is 0.857 bits per heavy atom. The summed E-state index contributed by atoms with van der Waals surface area (Å²) in [5.41, 5.74) is 3.35. The zero-order chi connectivity index (χ0) is 11.2. The minimum atomic E-state index is 0. The molecule has 0 spiro atoms. The summed E-state index contributed by atoms with van der Waals surface area (Å²) in [7, 11) is 0. The summed E-state index contributed by atoms with van der Waals surface area (Å²) in [6.45, 7) is 19.8. The summed E-state index contributed by atoms with van der Waals surface area (Å²) in [5, 5.41) is 0. The number of rotatable bonds is 0. The number of hydrogen-bond donors (Lipinski definition) is 0. The third-order valence-corrected chi connectivity index (χ3v) is 2.73. The SMILES string of the molecule is CC(C)=C(C)C.CC(C)C(C)(C)C.[H-].[H-].[Mg+2]. The van der Waals surface area contributed by atoms with Gasteiger partial charge in [-0.05, 0) is 39.0 Å². The van der Waals surface area contributed by atoms with E-state index < -0.39 is 0 Å². The van der Waals surface area contributed by atoms with Crippen molar-refractivity contribution in [2.45, 2.75) is 62.3 Å². The van der Waals surface area contributed by atoms with Gasteiger partial charge in [-0.2, -0.15) is 0 Å². The first-order chi connectivity index (χ1) is 5.59. The van der Waals surface area contributed by atoms with Crippen LogP contribution in [0.4, 0.5) is 0 Å². The molecule has 0 N–H and O–H groups in total. The molecule has 0 radical (unpaired) electrons. The van der Waals surface area contributed by atoms with Crippen LogP contribution in [-0.4, -0.2) is 23.1 Å². The van der Waals surface area contributed by atoms with Crippen molar-refractivity contribution in [2.75, 3.05) is 0 Å². The standard InChI is InChI=1S/C7H16.C6H12.Mg.2H/c1-6(2)7(3,4)5;1-5(2)6(3)4;;;/h6H,1-5H3;1-4H3;;;/q;;+2;2*-1. The van der Waals surface area contributed by atoms with E-state index in [1.54, 1.807) is 0 Å². The number of hydrogen-bond acceptors (Lipinski definition) is 0. The van der Waals surface area contributed by atoms with Gasteiger partial charge >= 0.3 is 23.1 Å². The normalized spacial score (nSPS) is 9.86. The summed E-state index contributed by atoms with van der Waals surface area (Å²) in [6, 6.07) is 0. The van der Waals surface area contributed by atoms with Gasteiger partial charge in [0.25, 0.3) is 0 Å². The van der Waals surface area contributed by atoms with Crippen molar-refractivity contribution in [1.29, 1.82) is 0 Å². The van der Waals surface area contributed by atoms with Gasteiger partial charge in [-0.15, -0.1) is 0 Å². The largest absolute Gasteiger partial charge is 2.00 e. The Morgan fingerprint density at radius 2 is 1.00 bits per heavy atom. The van der Waals surface area contributed by atoms with Crippen LogP contribution >= 0.6 is 0 Å². The molecular weight excluding hydrogens is 180 g/mol. The van der Waals surface area contributed by atoms with Crippen molar-refractivity contribution in [3.8, 4) is 0 Å². The molecule has 0 aromatic heterocycles. The molecule has 84 valence electrons. The average Bonchev–Trinajstić information content (AvgIpc) is 1.86. The van der Waals surface area contributed by atoms with Crippen molar-refractivity contribution >= 4 is 23.1 Å². The Hall–Kier alpha value is 0.506. The monoisotopic (exact) mass is 210 g/mol. The zero-order valence-electron chi connectivity index (χ0n) is 13.8. The van der Waals surface area contributed by atoms with E-state index in [0.29, 0.717) is 5.41 Å². The molecule has 0 bridgehead atoms. The maximum atomic E-state index is 2.26. The third-order valence-electron chi connectivity index (χ3n) is 2.73. The predicted octanol–water partition coefficient (Wildman–Crippen LogP) is 4.90. The number of allylic oxidation sites excluding steroid dienone is 2. The molecule has 0 aromatic carbocycles. The summed E-state index contributed by atoms with van der Waals surface area (Å²) in [6.07, 6.45) is 0. The van der Waals surface area contributed by atoms with E-state index in [-0.39, 0.29) is 25.9 Å². The van der Waals surface area contributed by atoms with Gasteiger partial charge in [-0.3, -0.25) is 0 Å². The molecule has 0 rings (SSSR count). The Morgan fingerprint density at radius 3 is 1.00 bits per heavy atom. The Labute approximate surface area is 111 Å². The van der Waals surface area contributed by atoms with Crippen molar-refractivity contribution in [1.82, 2.24) is 0 Å². The second-order valence-corrected chi connectivity index (χ2v) is 5.52. The van der Waals surface area contributed by atoms with Crippen LogP contribution in [0.1, 0.15) is 65.2 Å². The van der Waals surface area contributed by atoms with E-state index >= 15 is 0 Å². The Kier molecular flexibility index (Phi) is 12.5. The van der Waals surface area contributed by atoms with Gasteiger partial charge in [0.15, 0.2) is 0 Å². The molecule has 0 heterocycles. The maximum absolute atomic E-state index is 2.26. The van der Waals surface area contributed by atoms with Crippen LogP contribution < -0.4 is 0 Å². The topological polar surface area (TPSA) is 0 Å². The first-order valence-electron chi connectivity index (χ1n) is 5.19. The van der Waals surface area contributed by atoms with Gasteiger partial charge in [0, 0.05) is 0 Å². The van der Waals surface area contributed by atoms with Crippen LogP contribution in [0.25, 0.3) is 0 Å². The summed E-state index contributed by atoms with van der Waals surface area (Å²) >= 11 is 0. The molecule has 0 nitrogen and oxygen atoms in total. The average molecular weight is 211 g/mol. The quantitative estimate of drug-likeness (QED) is 0.394. The van der Waals surface area contributed by atoms with Gasteiger partial charge < -0.3 is 2.85 Å². The maximum Gasteiger partial charge on any atom is 2.00 e. The Balaban J connectivity index is -0.0000000428. The van der Waals surface area contributed by atoms with E-state index in [1.807, 2.05) is 0 Å². The van der Waals surface area contributed by atoms with Crippen LogP contribution in [0.3, 0.4) is 0 Å². The fourth-order valence-corrected chi connectivity index (χ4v) is 0. The van der Waals surface area contributed by atoms with Crippen molar-refractivity contribution < 1.29 is 2.85 Å². The van der Waals surface area contributed by atoms with Crippen molar-refractivity contribution in [3.05, 3.63) is 11.1 Å². The van der Waals surface area contributed by atoms with Crippen LogP contribution in [-0.2, 0) is 0 Å². The fourth-order valence-electron chi connectivity index (χ4n) is 0. The fraction of sp³-hybridized carbons (Fsp3) is 0.846. The second-order valence-electron chi connectivity index (χ2n) is 5.52. The van der Waals surface area contributed by atoms with Crippen LogP contribution in [0.5, 0.6) is 0 Å². The van der Waals surface area contributed by atoms with Crippen LogP contribution in [0.2, 0.25) is 0 Å². The van der Waals surface area contributed by atoms with E-state index in [1.165, 1.54) is 11.1 Å². The summed E-state index contributed by atoms with van der Waals surface area (Å²) in [4.78, 5) is 0. The van der Waals surface area contributed by atoms with Crippen molar-refractivity contribution in [3.63, 3.8) is 0 Å². The molecule has 0 aliphatic rings. The second kappa shape index (κ2) is 8.79. The van der Waals surface area contributed by atoms with Gasteiger partial charge in [0.2, 0.25) is 0 Å². The molecule has 0 aliphatic heterocycles. The minimum Gasteiger partial charge on any atom is -1.00 e. The Bertz CT molecular complexity index is 149. The van der Waals surface area contributed by atoms with Crippen molar-refractivity contribution in [2.24, 2.45) is 11.3 Å². The molecule has 0 atom stereocenters. The summed E-state index contributed by atoms with van der Waals surface area (Å²) in [5.74, 6) is 0.799. The van der Waals surface area contributed by atoms with Crippen LogP contribution in [0, 0.1) is 11.3 Å². The molecule has 0 aliphatic carbocycles. The molecule has 1 heteroatoms. The predicted molar refractivity (Wildman–Crippen MR) is 72.0 cm³/mol. The van der Waals surface area contributed by atoms with E-state index in [0.717, 1.165) is 5.92 Å². The zero-order valence-corrected chi connectivity index (χ0v) is 13.2. The van der Waals surface area contributed by atoms with E-state index in [4.69, 9.17) is 0 Å². The van der Waals surface area contributed by atoms with E-state index in [9.17, 15) is 0 Å². The molecular formula is C13H30Mg. The van der Waals surface area contributed by atoms with Gasteiger partial charge in [0.1, 0.15) is 0 Å². The third kappa shape index (κ3) is 15.0. The smallest absolute Gasteiger partial charge is 1.00 e. The minimum absolute atomic E-state index is 0. The van der Waals surface area contributed by atoms with Gasteiger partial charge in [-0.25, -0.2) is 0 Å². The molecule has 0 unspecified atom stereocenters. The summed E-state index contributed by atoms with van der Waals surface area (Å²) < 4.78 is 0. The molecule has 0 saturated heterocycles. The van der Waals surface area contributed by atoms with Gasteiger partial charge in [-0.1, -0.05) is 45.8 Å². The molecule has 0 saturated carbocycles. The van der Waals surface area contributed by atoms with E-state index in [2.05, 4.69) is 62.3 Å². The molecule has 0 amide bonds. The first kappa shape index (κ1) is 20.0. The molecule has 14 heavy (non-hydrogen) atoms.